The second kappa shape index (κ2) is 8.22. The van der Waals surface area contributed by atoms with Crippen molar-refractivity contribution in [2.24, 2.45) is 5.92 Å². The van der Waals surface area contributed by atoms with Gasteiger partial charge < -0.3 is 15.7 Å². The summed E-state index contributed by atoms with van der Waals surface area (Å²) in [5, 5.41) is 16.6. The molecule has 0 aliphatic carbocycles. The fourth-order valence-corrected chi connectivity index (χ4v) is 1.93. The molecule has 0 saturated carbocycles. The van der Waals surface area contributed by atoms with E-state index in [-0.39, 0.29) is 12.6 Å². The van der Waals surface area contributed by atoms with Gasteiger partial charge in [0.15, 0.2) is 5.16 Å². The smallest absolute Gasteiger partial charge is 0.191 e. The Hall–Kier alpha value is -1.01. The molecule has 0 bridgehead atoms. The second-order valence-corrected chi connectivity index (χ2v) is 5.50. The third kappa shape index (κ3) is 5.24. The van der Waals surface area contributed by atoms with Crippen molar-refractivity contribution in [3.05, 3.63) is 6.07 Å². The molecule has 0 aromatic carbocycles. The van der Waals surface area contributed by atoms with Gasteiger partial charge in [0.2, 0.25) is 0 Å². The summed E-state index contributed by atoms with van der Waals surface area (Å²) in [6.07, 6.45) is 3.00. The summed E-state index contributed by atoms with van der Waals surface area (Å²) in [4.78, 5) is 8.83. The van der Waals surface area contributed by atoms with Gasteiger partial charge >= 0.3 is 0 Å². The number of nitrogens with one attached hydrogen (secondary N) is 2. The molecular weight excluding hydrogens is 260 g/mol. The van der Waals surface area contributed by atoms with Crippen LogP contribution >= 0.6 is 11.8 Å². The van der Waals surface area contributed by atoms with E-state index in [2.05, 4.69) is 41.4 Å². The second-order valence-electron chi connectivity index (χ2n) is 4.73. The maximum atomic E-state index is 9.37. The third-order valence-electron chi connectivity index (χ3n) is 2.78. The maximum absolute atomic E-state index is 9.37. The van der Waals surface area contributed by atoms with Gasteiger partial charge in [0.05, 0.1) is 12.6 Å². The summed E-state index contributed by atoms with van der Waals surface area (Å²) >= 11 is 1.51. The topological polar surface area (TPSA) is 70.1 Å². The highest BCUT2D eigenvalue weighted by Crippen LogP contribution is 2.19. The zero-order valence-corrected chi connectivity index (χ0v) is 12.9. The van der Waals surface area contributed by atoms with E-state index in [1.807, 2.05) is 12.3 Å². The predicted molar refractivity (Wildman–Crippen MR) is 81.9 cm³/mol. The number of nitrogens with zero attached hydrogens (tertiary/aromatic N) is 2. The minimum Gasteiger partial charge on any atom is -0.394 e. The monoisotopic (exact) mass is 284 g/mol. The van der Waals surface area contributed by atoms with Crippen LogP contribution in [0.1, 0.15) is 27.2 Å². The molecule has 3 N–H and O–H groups in total. The van der Waals surface area contributed by atoms with E-state index >= 15 is 0 Å². The Morgan fingerprint density at radius 3 is 2.53 bits per heavy atom. The van der Waals surface area contributed by atoms with Crippen molar-refractivity contribution < 1.29 is 5.11 Å². The SMILES string of the molecule is CCCNc1cc(N[C@H](CO)C(C)C)nc(SC)n1. The number of thioether (sulfide) groups is 1. The highest BCUT2D eigenvalue weighted by molar-refractivity contribution is 7.98. The molecule has 0 aliphatic rings. The molecule has 0 unspecified atom stereocenters. The lowest BCUT2D eigenvalue weighted by atomic mass is 10.1. The fraction of sp³-hybridized carbons (Fsp3) is 0.692. The zero-order valence-electron chi connectivity index (χ0n) is 12.1. The Morgan fingerprint density at radius 2 is 2.00 bits per heavy atom. The van der Waals surface area contributed by atoms with Crippen molar-refractivity contribution in [2.45, 2.75) is 38.4 Å². The van der Waals surface area contributed by atoms with Crippen LogP contribution in [0, 0.1) is 5.92 Å². The summed E-state index contributed by atoms with van der Waals surface area (Å²) in [7, 11) is 0. The Balaban J connectivity index is 2.86. The highest BCUT2D eigenvalue weighted by Gasteiger charge is 2.13. The molecule has 0 radical (unpaired) electrons. The largest absolute Gasteiger partial charge is 0.394 e. The van der Waals surface area contributed by atoms with Crippen molar-refractivity contribution in [1.29, 1.82) is 0 Å². The van der Waals surface area contributed by atoms with Crippen LogP contribution in [-0.2, 0) is 0 Å². The van der Waals surface area contributed by atoms with Crippen LogP contribution in [-0.4, -0.2) is 40.5 Å². The quantitative estimate of drug-likeness (QED) is 0.503. The molecule has 1 atom stereocenters. The molecule has 1 aromatic heterocycles. The molecule has 108 valence electrons. The Morgan fingerprint density at radius 1 is 1.32 bits per heavy atom. The standard InChI is InChI=1S/C13H24N4OS/c1-5-6-14-11-7-12(17-13(16-11)19-4)15-10(8-18)9(2)3/h7,9-10,18H,5-6,8H2,1-4H3,(H2,14,15,16,17)/t10-/m1/s1. The van der Waals surface area contributed by atoms with E-state index in [1.54, 1.807) is 0 Å². The number of aliphatic hydroxyl groups excluding tert-OH is 1. The number of hydrogen-bond donors (Lipinski definition) is 3. The van der Waals surface area contributed by atoms with Gasteiger partial charge in [-0.2, -0.15) is 0 Å². The van der Waals surface area contributed by atoms with Gasteiger partial charge in [0, 0.05) is 12.6 Å². The van der Waals surface area contributed by atoms with Crippen LogP contribution in [0.25, 0.3) is 0 Å². The molecule has 0 fully saturated rings. The molecule has 6 heteroatoms. The average Bonchev–Trinajstić information content (AvgIpc) is 2.41. The van der Waals surface area contributed by atoms with E-state index in [0.29, 0.717) is 5.92 Å². The van der Waals surface area contributed by atoms with E-state index in [4.69, 9.17) is 0 Å². The Kier molecular flexibility index (Phi) is 6.94. The van der Waals surface area contributed by atoms with Gasteiger partial charge in [-0.3, -0.25) is 0 Å². The average molecular weight is 284 g/mol. The fourth-order valence-electron chi connectivity index (χ4n) is 1.55. The highest BCUT2D eigenvalue weighted by atomic mass is 32.2. The van der Waals surface area contributed by atoms with Crippen molar-refractivity contribution in [3.8, 4) is 0 Å². The minimum atomic E-state index is 0.00336. The Labute approximate surface area is 119 Å². The third-order valence-corrected chi connectivity index (χ3v) is 3.33. The summed E-state index contributed by atoms with van der Waals surface area (Å²) in [5.41, 5.74) is 0. The van der Waals surface area contributed by atoms with Crippen molar-refractivity contribution in [1.82, 2.24) is 9.97 Å². The predicted octanol–water partition coefficient (Wildman–Crippen LogP) is 2.45. The minimum absolute atomic E-state index is 0.00336. The first-order valence-corrected chi connectivity index (χ1v) is 7.87. The van der Waals surface area contributed by atoms with E-state index in [1.165, 1.54) is 11.8 Å². The lowest BCUT2D eigenvalue weighted by molar-refractivity contribution is 0.249. The Bertz CT molecular complexity index is 387. The molecule has 19 heavy (non-hydrogen) atoms. The number of anilines is 2. The van der Waals surface area contributed by atoms with Crippen LogP contribution < -0.4 is 10.6 Å². The van der Waals surface area contributed by atoms with Gasteiger partial charge in [0.25, 0.3) is 0 Å². The van der Waals surface area contributed by atoms with E-state index in [0.717, 1.165) is 29.8 Å². The number of aromatic nitrogens is 2. The molecule has 5 nitrogen and oxygen atoms in total. The maximum Gasteiger partial charge on any atom is 0.191 e. The number of hydrogen-bond acceptors (Lipinski definition) is 6. The van der Waals surface area contributed by atoms with Crippen LogP contribution in [0.15, 0.2) is 11.2 Å². The molecule has 1 rings (SSSR count). The van der Waals surface area contributed by atoms with Crippen LogP contribution in [0.2, 0.25) is 0 Å². The number of rotatable bonds is 8. The molecule has 0 saturated heterocycles. The van der Waals surface area contributed by atoms with Gasteiger partial charge in [-0.15, -0.1) is 0 Å². The summed E-state index contributed by atoms with van der Waals surface area (Å²) in [6, 6.07) is 1.89. The van der Waals surface area contributed by atoms with Crippen molar-refractivity contribution in [3.63, 3.8) is 0 Å². The first kappa shape index (κ1) is 16.0. The normalized spacial score (nSPS) is 12.5. The van der Waals surface area contributed by atoms with E-state index in [9.17, 15) is 5.11 Å². The van der Waals surface area contributed by atoms with Gasteiger partial charge in [-0.1, -0.05) is 32.5 Å². The van der Waals surface area contributed by atoms with E-state index < -0.39 is 0 Å². The molecule has 0 spiro atoms. The summed E-state index contributed by atoms with van der Waals surface area (Å²) in [6.45, 7) is 7.23. The summed E-state index contributed by atoms with van der Waals surface area (Å²) < 4.78 is 0. The lowest BCUT2D eigenvalue weighted by Gasteiger charge is -2.21. The summed E-state index contributed by atoms with van der Waals surface area (Å²) in [5.74, 6) is 1.92. The van der Waals surface area contributed by atoms with Gasteiger partial charge in [-0.25, -0.2) is 9.97 Å². The molecule has 0 aliphatic heterocycles. The molecular formula is C13H24N4OS. The van der Waals surface area contributed by atoms with Crippen LogP contribution in [0.4, 0.5) is 11.6 Å². The molecule has 1 heterocycles. The zero-order chi connectivity index (χ0) is 14.3. The first-order chi connectivity index (χ1) is 9.10. The van der Waals surface area contributed by atoms with Crippen LogP contribution in [0.5, 0.6) is 0 Å². The van der Waals surface area contributed by atoms with Crippen molar-refractivity contribution >= 4 is 23.4 Å². The van der Waals surface area contributed by atoms with Gasteiger partial charge in [-0.05, 0) is 18.6 Å². The van der Waals surface area contributed by atoms with Crippen molar-refractivity contribution in [2.75, 3.05) is 30.0 Å². The molecule has 0 amide bonds. The van der Waals surface area contributed by atoms with Crippen LogP contribution in [0.3, 0.4) is 0 Å². The van der Waals surface area contributed by atoms with Gasteiger partial charge in [0.1, 0.15) is 11.6 Å². The lowest BCUT2D eigenvalue weighted by Crippen LogP contribution is -2.30. The number of aliphatic hydroxyl groups is 1. The first-order valence-electron chi connectivity index (χ1n) is 6.65. The molecule has 1 aromatic rings.